The van der Waals surface area contributed by atoms with Crippen molar-refractivity contribution >= 4 is 5.84 Å². The SMILES string of the molecule is CCN1C(C)=C(C)C(C)N1C.CCN1C(C)=C(C)N(C)C1C.CCN1C(C)=C(C)OC1C.CCN1C(C)=NN(C)C1C.CC[N+]1(C)C(C)C(C)C(C)C(C)C1C.CC[N+]1(C)C(C)C(C)C(C)C1C.CC[n+]1c(C)c(C)c(C)c(C)c1C.CC[n+]1c(C)c(C)nc(C)c1C.CC[n+]1c(C)nc(C)c(C)c1C.CC[n+]1nc(C)c(C)c(C)c1C. The van der Waals surface area contributed by atoms with E-state index in [1.165, 1.54) is 118 Å². The zero-order chi connectivity index (χ0) is 91.3. The van der Waals surface area contributed by atoms with Gasteiger partial charge in [-0.2, -0.15) is 9.67 Å². The Balaban J connectivity index is 0.000000651. The predicted molar refractivity (Wildman–Crippen MR) is 500 cm³/mol. The van der Waals surface area contributed by atoms with Gasteiger partial charge in [-0.3, -0.25) is 5.01 Å². The summed E-state index contributed by atoms with van der Waals surface area (Å²) in [5.41, 5.74) is 27.9. The number of likely N-dealkylation sites (tertiary alicyclic amines) is 2. The van der Waals surface area contributed by atoms with Gasteiger partial charge in [0.15, 0.2) is 41.2 Å². The molecule has 0 bridgehead atoms. The molecule has 18 nitrogen and oxygen atoms in total. The average Bonchev–Trinajstić information content (AvgIpc) is 1.12. The maximum Gasteiger partial charge on any atom is 0.295 e. The number of quaternary nitrogens is 2. The molecule has 0 saturated carbocycles. The second-order valence-corrected chi connectivity index (χ2v) is 35.7. The van der Waals surface area contributed by atoms with E-state index >= 15 is 0 Å². The van der Waals surface area contributed by atoms with Crippen LogP contribution in [-0.4, -0.2) is 188 Å². The first-order chi connectivity index (χ1) is 54.0. The second-order valence-electron chi connectivity index (χ2n) is 35.7. The molecule has 0 radical (unpaired) electrons. The fourth-order valence-corrected chi connectivity index (χ4v) is 18.8. The Labute approximate surface area is 723 Å². The molecule has 18 heteroatoms. The lowest BCUT2D eigenvalue weighted by atomic mass is 9.71. The quantitative estimate of drug-likeness (QED) is 0.112. The number of hydrazine groups is 1. The molecule has 6 aliphatic heterocycles. The molecule has 0 N–H and O–H groups in total. The van der Waals surface area contributed by atoms with E-state index in [0.717, 1.165) is 146 Å². The van der Waals surface area contributed by atoms with Crippen LogP contribution in [0.5, 0.6) is 0 Å². The molecule has 10 heterocycles. The van der Waals surface area contributed by atoms with Crippen LogP contribution in [0.2, 0.25) is 0 Å². The van der Waals surface area contributed by atoms with Crippen LogP contribution in [0.3, 0.4) is 0 Å². The van der Waals surface area contributed by atoms with Crippen LogP contribution >= 0.6 is 0 Å². The molecule has 12 unspecified atom stereocenters. The van der Waals surface area contributed by atoms with Crippen LogP contribution in [-0.2, 0) is 30.9 Å². The van der Waals surface area contributed by atoms with E-state index in [4.69, 9.17) is 4.74 Å². The first-order valence-electron chi connectivity index (χ1n) is 45.7. The van der Waals surface area contributed by atoms with E-state index in [-0.39, 0.29) is 6.23 Å². The van der Waals surface area contributed by atoms with E-state index < -0.39 is 0 Å². The van der Waals surface area contributed by atoms with E-state index in [0.29, 0.717) is 18.4 Å². The van der Waals surface area contributed by atoms with Crippen molar-refractivity contribution in [2.75, 3.05) is 74.5 Å². The summed E-state index contributed by atoms with van der Waals surface area (Å²) in [6, 6.07) is 3.86. The highest BCUT2D eigenvalue weighted by atomic mass is 16.5. The molecule has 2 fully saturated rings. The molecular weight excluding hydrogens is 1440 g/mol. The molecule has 10 rings (SSSR count). The minimum Gasteiger partial charge on any atom is -0.474 e. The standard InChI is InChI=1S/C13H28N.C12H20N.C11H24N.3C10H17N2.2C9H18N2.C8H15NO.C7H15N3/c1-8-14(7)12(5)10(3)9(2)11(4)13(14)6;1-7-13-11(5)9(3)8(2)10(4)12(13)6;1-7-12(6)10(4)8(2)9(3)11(12)5;1-6-12-9(4)7(2)11-8(3)10(12)5;1-6-12-9(4)7(2)8(3)11-10(12)5;1-6-12-10(5)8(3)7(2)9(4)11-12;1-6-11-8(3)7(2)10(5)9(11)4;1-6-11-9(4)7(2)8(3)10(11)5;1-5-9-6(2)7(3)10-8(9)4;1-5-10-6(2)8-9(4)7(10)3/h9-13H,8H2,1-7H3;7H2,1-6H3;8-11H,7H2,1-6H3;3*6H2,1-5H3;9H,6H2,1-5H3;8H,6H2,1-5H3;8H,5H2,1-4H3;7H,5H2,1-4H3/q6*+1;;;;. The average molecular weight is 1630 g/mol. The maximum absolute atomic E-state index is 5.48. The highest BCUT2D eigenvalue weighted by molar-refractivity contribution is 5.80. The van der Waals surface area contributed by atoms with Crippen LogP contribution in [0.4, 0.5) is 0 Å². The molecule has 4 aromatic rings. The summed E-state index contributed by atoms with van der Waals surface area (Å²) in [4.78, 5) is 18.2. The summed E-state index contributed by atoms with van der Waals surface area (Å²) in [5.74, 6) is 7.63. The van der Waals surface area contributed by atoms with Crippen molar-refractivity contribution in [3.8, 4) is 0 Å². The lowest BCUT2D eigenvalue weighted by molar-refractivity contribution is -0.965. The third-order valence-electron chi connectivity index (χ3n) is 31.4. The summed E-state index contributed by atoms with van der Waals surface area (Å²) in [6.45, 7) is 115. The molecule has 6 aliphatic rings. The van der Waals surface area contributed by atoms with Crippen molar-refractivity contribution in [3.05, 3.63) is 130 Å². The van der Waals surface area contributed by atoms with E-state index in [1.54, 1.807) is 0 Å². The summed E-state index contributed by atoms with van der Waals surface area (Å²) >= 11 is 0. The topological polar surface area (TPSA) is 98.5 Å². The Kier molecular flexibility index (Phi) is 44.5. The number of piperidine rings is 1. The fraction of sp³-hybridized carbons (Fsp3) is 0.758. The first kappa shape index (κ1) is 109. The monoisotopic (exact) mass is 1630 g/mol. The summed E-state index contributed by atoms with van der Waals surface area (Å²) in [6.07, 6.45) is 1.22. The number of hydrogen-bond donors (Lipinski definition) is 0. The Morgan fingerprint density at radius 1 is 0.359 bits per heavy atom. The molecule has 0 amide bonds. The van der Waals surface area contributed by atoms with Crippen LogP contribution in [0.25, 0.3) is 0 Å². The Morgan fingerprint density at radius 3 is 1.03 bits per heavy atom. The Hall–Kier alpha value is -6.24. The molecule has 0 aliphatic carbocycles. The van der Waals surface area contributed by atoms with Gasteiger partial charge in [0.1, 0.15) is 53.6 Å². The maximum atomic E-state index is 5.48. The van der Waals surface area contributed by atoms with E-state index in [9.17, 15) is 0 Å². The number of aryl methyl sites for hydroxylation is 6. The van der Waals surface area contributed by atoms with Crippen LogP contribution in [0.15, 0.2) is 39.2 Å². The molecule has 670 valence electrons. The third-order valence-corrected chi connectivity index (χ3v) is 31.4. The number of hydrogen-bond acceptors (Lipinski definition) is 12. The van der Waals surface area contributed by atoms with Gasteiger partial charge in [0.25, 0.3) is 5.82 Å². The van der Waals surface area contributed by atoms with Gasteiger partial charge in [0.05, 0.1) is 69.8 Å². The van der Waals surface area contributed by atoms with Crippen molar-refractivity contribution in [2.45, 2.75) is 400 Å². The molecular formula is C99H189N17O+6. The van der Waals surface area contributed by atoms with Gasteiger partial charge in [0.2, 0.25) is 5.69 Å². The van der Waals surface area contributed by atoms with Gasteiger partial charge in [-0.25, -0.2) is 19.1 Å². The highest BCUT2D eigenvalue weighted by Crippen LogP contribution is 2.42. The smallest absolute Gasteiger partial charge is 0.295 e. The molecule has 4 aromatic heterocycles. The van der Waals surface area contributed by atoms with Gasteiger partial charge in [-0.05, 0) is 270 Å². The summed E-state index contributed by atoms with van der Waals surface area (Å²) in [5, 5.41) is 15.4. The highest BCUT2D eigenvalue weighted by Gasteiger charge is 2.50. The minimum absolute atomic E-state index is 0.241. The van der Waals surface area contributed by atoms with E-state index in [1.807, 2.05) is 25.9 Å². The number of allylic oxidation sites excluding steroid dienone is 5. The number of pyridine rings is 1. The zero-order valence-corrected chi connectivity index (χ0v) is 86.6. The van der Waals surface area contributed by atoms with Gasteiger partial charge in [-0.1, -0.05) is 44.3 Å². The molecule has 2 saturated heterocycles. The zero-order valence-electron chi connectivity index (χ0n) is 86.6. The number of aromatic nitrogens is 7. The van der Waals surface area contributed by atoms with Crippen molar-refractivity contribution < 1.29 is 32.1 Å². The number of nitrogens with zero attached hydrogens (tertiary/aromatic N) is 17. The summed E-state index contributed by atoms with van der Waals surface area (Å²) < 4.78 is 17.0. The number of hydrazone groups is 1. The van der Waals surface area contributed by atoms with Crippen molar-refractivity contribution in [1.82, 2.24) is 49.7 Å². The van der Waals surface area contributed by atoms with Gasteiger partial charge < -0.3 is 38.3 Å². The molecule has 12 atom stereocenters. The fourth-order valence-electron chi connectivity index (χ4n) is 18.8. The van der Waals surface area contributed by atoms with Crippen LogP contribution in [0, 0.1) is 147 Å². The predicted octanol–water partition coefficient (Wildman–Crippen LogP) is 19.6. The number of likely N-dealkylation sites (N-methyl/N-ethyl adjacent to an activating group) is 1. The normalized spacial score (nSPS) is 25.8. The number of rotatable bonds is 10. The third kappa shape index (κ3) is 25.5. The van der Waals surface area contributed by atoms with Crippen LogP contribution < -0.4 is 18.4 Å². The number of amidine groups is 1. The Bertz CT molecular complexity index is 3810. The largest absolute Gasteiger partial charge is 0.474 e. The summed E-state index contributed by atoms with van der Waals surface area (Å²) in [7, 11) is 11.2. The van der Waals surface area contributed by atoms with Crippen LogP contribution in [0.1, 0.15) is 304 Å². The van der Waals surface area contributed by atoms with Gasteiger partial charge in [-0.15, -0.1) is 0 Å². The molecule has 0 aromatic carbocycles. The second kappa shape index (κ2) is 47.8. The van der Waals surface area contributed by atoms with Crippen molar-refractivity contribution in [1.29, 1.82) is 0 Å². The van der Waals surface area contributed by atoms with Crippen molar-refractivity contribution in [2.24, 2.45) is 34.7 Å². The lowest BCUT2D eigenvalue weighted by Gasteiger charge is -2.55. The Morgan fingerprint density at radius 2 is 0.752 bits per heavy atom. The number of ether oxygens (including phenoxy) is 1. The van der Waals surface area contributed by atoms with E-state index in [2.05, 4.69) is 408 Å². The van der Waals surface area contributed by atoms with Gasteiger partial charge >= 0.3 is 0 Å². The molecule has 0 spiro atoms. The van der Waals surface area contributed by atoms with Crippen molar-refractivity contribution in [3.63, 3.8) is 0 Å². The van der Waals surface area contributed by atoms with Gasteiger partial charge in [0, 0.05) is 165 Å². The minimum atomic E-state index is 0.241. The first-order valence-corrected chi connectivity index (χ1v) is 45.7. The molecule has 117 heavy (non-hydrogen) atoms. The lowest BCUT2D eigenvalue weighted by Crippen LogP contribution is -2.66.